The molecule has 3 aromatic rings. The molecule has 0 atom stereocenters. The zero-order chi connectivity index (χ0) is 21.1. The van der Waals surface area contributed by atoms with Crippen LogP contribution in [0.2, 0.25) is 0 Å². The molecule has 1 aliphatic rings. The fourth-order valence-electron chi connectivity index (χ4n) is 3.51. The van der Waals surface area contributed by atoms with Crippen LogP contribution in [-0.4, -0.2) is 34.6 Å². The Bertz CT molecular complexity index is 1140. The average molecular weight is 406 g/mol. The highest BCUT2D eigenvalue weighted by Crippen LogP contribution is 2.39. The Balaban J connectivity index is 1.59. The van der Waals surface area contributed by atoms with E-state index < -0.39 is 5.91 Å². The van der Waals surface area contributed by atoms with Gasteiger partial charge in [0.15, 0.2) is 12.3 Å². The van der Waals surface area contributed by atoms with Crippen LogP contribution < -0.4 is 9.64 Å². The number of fused-ring (bicyclic) bond motifs is 2. The summed E-state index contributed by atoms with van der Waals surface area (Å²) in [6, 6.07) is 14.5. The number of carbonyl (C=O) groups is 2. The van der Waals surface area contributed by atoms with Crippen molar-refractivity contribution in [3.05, 3.63) is 48.5 Å². The van der Waals surface area contributed by atoms with E-state index in [2.05, 4.69) is 17.2 Å². The topological polar surface area (TPSA) is 96.5 Å². The van der Waals surface area contributed by atoms with Gasteiger partial charge in [0, 0.05) is 11.9 Å². The van der Waals surface area contributed by atoms with E-state index in [0.717, 1.165) is 23.7 Å². The molecule has 154 valence electrons. The van der Waals surface area contributed by atoms with Crippen LogP contribution in [0.15, 0.2) is 58.8 Å². The molecule has 0 fully saturated rings. The summed E-state index contributed by atoms with van der Waals surface area (Å²) in [7, 11) is 0. The van der Waals surface area contributed by atoms with Crippen LogP contribution in [0, 0.1) is 0 Å². The molecule has 0 bridgehead atoms. The number of para-hydroxylation sites is 3. The van der Waals surface area contributed by atoms with Crippen LogP contribution in [-0.2, 0) is 16.1 Å². The van der Waals surface area contributed by atoms with Crippen LogP contribution in [0.3, 0.4) is 0 Å². The molecule has 30 heavy (non-hydrogen) atoms. The zero-order valence-corrected chi connectivity index (χ0v) is 16.6. The SMILES string of the molecule is CCCCn1c(O)c(N=NC(=O)CN2C(=O)COc3ccccc32)c2ccccc21. The van der Waals surface area contributed by atoms with E-state index in [4.69, 9.17) is 4.74 Å². The number of aromatic nitrogens is 1. The minimum absolute atomic E-state index is 0.0194. The number of nitrogens with zero attached hydrogens (tertiary/aromatic N) is 4. The van der Waals surface area contributed by atoms with E-state index in [9.17, 15) is 14.7 Å². The molecule has 1 N–H and O–H groups in total. The molecule has 2 aromatic carbocycles. The van der Waals surface area contributed by atoms with Crippen molar-refractivity contribution in [3.63, 3.8) is 0 Å². The summed E-state index contributed by atoms with van der Waals surface area (Å²) >= 11 is 0. The monoisotopic (exact) mass is 406 g/mol. The van der Waals surface area contributed by atoms with E-state index in [1.807, 2.05) is 24.3 Å². The molecular formula is C22H22N4O4. The summed E-state index contributed by atoms with van der Waals surface area (Å²) in [6.45, 7) is 2.34. The van der Waals surface area contributed by atoms with Crippen molar-refractivity contribution in [2.75, 3.05) is 18.1 Å². The Hall–Kier alpha value is -3.68. The smallest absolute Gasteiger partial charge is 0.284 e. The van der Waals surface area contributed by atoms with Crippen LogP contribution in [0.5, 0.6) is 11.6 Å². The molecule has 0 saturated heterocycles. The molecule has 0 spiro atoms. The van der Waals surface area contributed by atoms with Gasteiger partial charge in [0.25, 0.3) is 11.8 Å². The summed E-state index contributed by atoms with van der Waals surface area (Å²) in [5, 5.41) is 19.2. The first kappa shape index (κ1) is 19.6. The third kappa shape index (κ3) is 3.63. The molecule has 4 rings (SSSR count). The molecule has 0 radical (unpaired) electrons. The van der Waals surface area contributed by atoms with Gasteiger partial charge in [-0.2, -0.15) is 0 Å². The molecule has 2 amide bonds. The van der Waals surface area contributed by atoms with E-state index in [1.165, 1.54) is 4.90 Å². The van der Waals surface area contributed by atoms with Crippen molar-refractivity contribution < 1.29 is 19.4 Å². The van der Waals surface area contributed by atoms with Gasteiger partial charge in [-0.3, -0.25) is 14.5 Å². The van der Waals surface area contributed by atoms with Crippen LogP contribution >= 0.6 is 0 Å². The summed E-state index contributed by atoms with van der Waals surface area (Å²) in [5.74, 6) is -0.395. The molecule has 2 heterocycles. The van der Waals surface area contributed by atoms with Gasteiger partial charge in [-0.25, -0.2) is 0 Å². The maximum absolute atomic E-state index is 12.5. The van der Waals surface area contributed by atoms with E-state index in [-0.39, 0.29) is 30.6 Å². The maximum Gasteiger partial charge on any atom is 0.284 e. The number of amides is 2. The Morgan fingerprint density at radius 3 is 2.77 bits per heavy atom. The highest BCUT2D eigenvalue weighted by atomic mass is 16.5. The number of aryl methyl sites for hydroxylation is 1. The second kappa shape index (κ2) is 8.36. The molecule has 0 aliphatic carbocycles. The number of rotatable bonds is 6. The molecule has 8 heteroatoms. The van der Waals surface area contributed by atoms with Gasteiger partial charge >= 0.3 is 0 Å². The fourth-order valence-corrected chi connectivity index (χ4v) is 3.51. The fraction of sp³-hybridized carbons (Fsp3) is 0.273. The van der Waals surface area contributed by atoms with Gasteiger partial charge in [0.2, 0.25) is 5.88 Å². The van der Waals surface area contributed by atoms with Crippen molar-refractivity contribution in [3.8, 4) is 11.6 Å². The number of aromatic hydroxyl groups is 1. The number of ether oxygens (including phenoxy) is 1. The number of anilines is 1. The largest absolute Gasteiger partial charge is 0.493 e. The van der Waals surface area contributed by atoms with Gasteiger partial charge in [-0.05, 0) is 24.6 Å². The first-order valence-electron chi connectivity index (χ1n) is 9.87. The van der Waals surface area contributed by atoms with Crippen LogP contribution in [0.25, 0.3) is 10.9 Å². The van der Waals surface area contributed by atoms with Crippen molar-refractivity contribution in [2.45, 2.75) is 26.3 Å². The first-order chi connectivity index (χ1) is 14.6. The van der Waals surface area contributed by atoms with Crippen LogP contribution in [0.1, 0.15) is 19.8 Å². The van der Waals surface area contributed by atoms with E-state index >= 15 is 0 Å². The van der Waals surface area contributed by atoms with E-state index in [1.54, 1.807) is 28.8 Å². The predicted molar refractivity (Wildman–Crippen MR) is 112 cm³/mol. The highest BCUT2D eigenvalue weighted by Gasteiger charge is 2.27. The Labute approximate surface area is 173 Å². The molecule has 0 saturated carbocycles. The summed E-state index contributed by atoms with van der Waals surface area (Å²) in [6.07, 6.45) is 1.89. The molecular weight excluding hydrogens is 384 g/mol. The Morgan fingerprint density at radius 2 is 1.93 bits per heavy atom. The number of hydrogen-bond acceptors (Lipinski definition) is 5. The number of unbranched alkanes of at least 4 members (excludes halogenated alkanes) is 1. The molecule has 0 unspecified atom stereocenters. The first-order valence-corrected chi connectivity index (χ1v) is 9.87. The number of benzene rings is 2. The van der Waals surface area contributed by atoms with Gasteiger partial charge in [0.1, 0.15) is 12.3 Å². The second-order valence-corrected chi connectivity index (χ2v) is 7.02. The number of carbonyl (C=O) groups excluding carboxylic acids is 2. The average Bonchev–Trinajstić information content (AvgIpc) is 3.03. The van der Waals surface area contributed by atoms with Crippen molar-refractivity contribution in [1.29, 1.82) is 0 Å². The van der Waals surface area contributed by atoms with Crippen molar-refractivity contribution in [2.24, 2.45) is 10.2 Å². The lowest BCUT2D eigenvalue weighted by atomic mass is 10.2. The third-order valence-corrected chi connectivity index (χ3v) is 5.02. The normalized spacial score (nSPS) is 13.6. The van der Waals surface area contributed by atoms with Gasteiger partial charge < -0.3 is 14.4 Å². The molecule has 1 aromatic heterocycles. The lowest BCUT2D eigenvalue weighted by Crippen LogP contribution is -2.41. The van der Waals surface area contributed by atoms with E-state index in [0.29, 0.717) is 18.0 Å². The van der Waals surface area contributed by atoms with Crippen molar-refractivity contribution >= 4 is 34.1 Å². The lowest BCUT2D eigenvalue weighted by Gasteiger charge is -2.27. The Kier molecular flexibility index (Phi) is 5.47. The summed E-state index contributed by atoms with van der Waals surface area (Å²) in [5.41, 5.74) is 1.61. The Morgan fingerprint density at radius 1 is 1.17 bits per heavy atom. The standard InChI is InChI=1S/C22H22N4O4/c1-2-3-12-25-16-9-5-4-8-15(16)21(22(25)29)24-23-19(27)13-26-17-10-6-7-11-18(17)30-14-20(26)28/h4-11,29H,2-3,12-14H2,1H3. The van der Waals surface area contributed by atoms with Gasteiger partial charge in [-0.15, -0.1) is 10.2 Å². The van der Waals surface area contributed by atoms with Crippen molar-refractivity contribution in [1.82, 2.24) is 4.57 Å². The lowest BCUT2D eigenvalue weighted by molar-refractivity contribution is -0.124. The third-order valence-electron chi connectivity index (χ3n) is 5.02. The predicted octanol–water partition coefficient (Wildman–Crippen LogP) is 4.18. The summed E-state index contributed by atoms with van der Waals surface area (Å²) < 4.78 is 7.16. The minimum Gasteiger partial charge on any atom is -0.493 e. The summed E-state index contributed by atoms with van der Waals surface area (Å²) in [4.78, 5) is 26.1. The number of hydrogen-bond donors (Lipinski definition) is 1. The number of azo groups is 1. The van der Waals surface area contributed by atoms with Gasteiger partial charge in [0.05, 0.1) is 11.2 Å². The minimum atomic E-state index is -0.593. The van der Waals surface area contributed by atoms with Gasteiger partial charge in [-0.1, -0.05) is 43.7 Å². The molecule has 8 nitrogen and oxygen atoms in total. The molecule has 1 aliphatic heterocycles. The second-order valence-electron chi connectivity index (χ2n) is 7.02. The van der Waals surface area contributed by atoms with Crippen LogP contribution in [0.4, 0.5) is 11.4 Å². The maximum atomic E-state index is 12.5. The zero-order valence-electron chi connectivity index (χ0n) is 16.6. The highest BCUT2D eigenvalue weighted by molar-refractivity contribution is 6.02. The quantitative estimate of drug-likeness (QED) is 0.621.